The highest BCUT2D eigenvalue weighted by atomic mass is 35.5. The lowest BCUT2D eigenvalue weighted by Crippen LogP contribution is -2.46. The first-order valence-corrected chi connectivity index (χ1v) is 11.5. The second-order valence-electron chi connectivity index (χ2n) is 7.52. The molecule has 1 aliphatic heterocycles. The molecule has 0 unspecified atom stereocenters. The molecule has 0 spiro atoms. The predicted molar refractivity (Wildman–Crippen MR) is 128 cm³/mol. The Balaban J connectivity index is 0.00000256. The van der Waals surface area contributed by atoms with Crippen LogP contribution < -0.4 is 9.62 Å². The SMILES string of the molecule is CCN1CCN(c2ccc(NS(=O)(=O)c3ccc(C)cc3)c3ccccc23)CC1.Cl. The summed E-state index contributed by atoms with van der Waals surface area (Å²) in [6, 6.07) is 18.8. The van der Waals surface area contributed by atoms with Crippen LogP contribution in [0.15, 0.2) is 65.6 Å². The molecule has 3 aromatic rings. The quantitative estimate of drug-likeness (QED) is 0.627. The van der Waals surface area contributed by atoms with Gasteiger partial charge in [0, 0.05) is 42.6 Å². The molecule has 1 fully saturated rings. The Bertz CT molecular complexity index is 1110. The highest BCUT2D eigenvalue weighted by Crippen LogP contribution is 2.34. The van der Waals surface area contributed by atoms with Crippen molar-refractivity contribution in [2.45, 2.75) is 18.7 Å². The van der Waals surface area contributed by atoms with Crippen LogP contribution >= 0.6 is 12.4 Å². The molecule has 1 heterocycles. The van der Waals surface area contributed by atoms with Gasteiger partial charge in [0.25, 0.3) is 10.0 Å². The summed E-state index contributed by atoms with van der Waals surface area (Å²) in [6.07, 6.45) is 0. The van der Waals surface area contributed by atoms with Gasteiger partial charge in [0.05, 0.1) is 10.6 Å². The average molecular weight is 446 g/mol. The van der Waals surface area contributed by atoms with Crippen LogP contribution in [0.2, 0.25) is 0 Å². The lowest BCUT2D eigenvalue weighted by Gasteiger charge is -2.36. The standard InChI is InChI=1S/C23H27N3O2S.ClH/c1-3-25-14-16-26(17-15-25)23-13-12-22(20-6-4-5-7-21(20)23)24-29(27,28)19-10-8-18(2)9-11-19;/h4-13,24H,3,14-17H2,1-2H3;1H. The van der Waals surface area contributed by atoms with Crippen molar-refractivity contribution in [2.24, 2.45) is 0 Å². The molecule has 0 aromatic heterocycles. The molecule has 1 saturated heterocycles. The van der Waals surface area contributed by atoms with E-state index in [1.807, 2.05) is 49.4 Å². The van der Waals surface area contributed by atoms with Crippen molar-refractivity contribution in [2.75, 3.05) is 42.3 Å². The molecule has 7 heteroatoms. The lowest BCUT2D eigenvalue weighted by molar-refractivity contribution is 0.271. The fraction of sp³-hybridized carbons (Fsp3) is 0.304. The van der Waals surface area contributed by atoms with Crippen molar-refractivity contribution in [3.63, 3.8) is 0 Å². The molecule has 30 heavy (non-hydrogen) atoms. The van der Waals surface area contributed by atoms with Gasteiger partial charge in [-0.15, -0.1) is 12.4 Å². The van der Waals surface area contributed by atoms with Gasteiger partial charge in [-0.1, -0.05) is 48.9 Å². The van der Waals surface area contributed by atoms with E-state index in [9.17, 15) is 8.42 Å². The molecule has 0 aliphatic carbocycles. The number of fused-ring (bicyclic) bond motifs is 1. The summed E-state index contributed by atoms with van der Waals surface area (Å²) < 4.78 is 28.6. The lowest BCUT2D eigenvalue weighted by atomic mass is 10.1. The maximum atomic E-state index is 12.9. The molecular formula is C23H28ClN3O2S. The molecule has 1 N–H and O–H groups in total. The minimum absolute atomic E-state index is 0. The molecule has 1 aliphatic rings. The molecular weight excluding hydrogens is 418 g/mol. The summed E-state index contributed by atoms with van der Waals surface area (Å²) in [5.41, 5.74) is 2.80. The molecule has 160 valence electrons. The third-order valence-corrected chi connectivity index (χ3v) is 7.02. The van der Waals surface area contributed by atoms with Gasteiger partial charge in [0.2, 0.25) is 0 Å². The maximum absolute atomic E-state index is 12.9. The molecule has 5 nitrogen and oxygen atoms in total. The van der Waals surface area contributed by atoms with E-state index in [-0.39, 0.29) is 17.3 Å². The average Bonchev–Trinajstić information content (AvgIpc) is 2.74. The molecule has 3 aromatic carbocycles. The van der Waals surface area contributed by atoms with E-state index in [0.29, 0.717) is 5.69 Å². The zero-order valence-electron chi connectivity index (χ0n) is 17.3. The maximum Gasteiger partial charge on any atom is 0.261 e. The van der Waals surface area contributed by atoms with Crippen LogP contribution in [0, 0.1) is 6.92 Å². The Morgan fingerprint density at radius 3 is 2.13 bits per heavy atom. The largest absolute Gasteiger partial charge is 0.368 e. The van der Waals surface area contributed by atoms with Gasteiger partial charge in [-0.2, -0.15) is 0 Å². The second kappa shape index (κ2) is 9.25. The fourth-order valence-electron chi connectivity index (χ4n) is 3.87. The van der Waals surface area contributed by atoms with E-state index >= 15 is 0 Å². The number of piperazine rings is 1. The highest BCUT2D eigenvalue weighted by molar-refractivity contribution is 7.92. The number of anilines is 2. The molecule has 0 atom stereocenters. The van der Waals surface area contributed by atoms with E-state index < -0.39 is 10.0 Å². The molecule has 0 saturated carbocycles. The Morgan fingerprint density at radius 1 is 0.867 bits per heavy atom. The Morgan fingerprint density at radius 2 is 1.50 bits per heavy atom. The van der Waals surface area contributed by atoms with E-state index in [2.05, 4.69) is 27.5 Å². The van der Waals surface area contributed by atoms with Gasteiger partial charge in [0.1, 0.15) is 0 Å². The fourth-order valence-corrected chi connectivity index (χ4v) is 4.95. The van der Waals surface area contributed by atoms with Gasteiger partial charge < -0.3 is 9.80 Å². The predicted octanol–water partition coefficient (Wildman–Crippen LogP) is 4.51. The van der Waals surface area contributed by atoms with E-state index in [0.717, 1.165) is 54.7 Å². The zero-order chi connectivity index (χ0) is 20.4. The minimum Gasteiger partial charge on any atom is -0.368 e. The Hall–Kier alpha value is -2.28. The van der Waals surface area contributed by atoms with Crippen LogP contribution in [0.25, 0.3) is 10.8 Å². The molecule has 4 rings (SSSR count). The van der Waals surface area contributed by atoms with Crippen LogP contribution in [0.1, 0.15) is 12.5 Å². The number of sulfonamides is 1. The number of likely N-dealkylation sites (N-methyl/N-ethyl adjacent to an activating group) is 1. The van der Waals surface area contributed by atoms with Crippen LogP contribution in [0.5, 0.6) is 0 Å². The number of hydrogen-bond acceptors (Lipinski definition) is 4. The van der Waals surface area contributed by atoms with Gasteiger partial charge in [0.15, 0.2) is 0 Å². The van der Waals surface area contributed by atoms with Crippen molar-refractivity contribution >= 4 is 44.6 Å². The molecule has 0 amide bonds. The number of nitrogens with zero attached hydrogens (tertiary/aromatic N) is 2. The van der Waals surface area contributed by atoms with Crippen molar-refractivity contribution in [1.29, 1.82) is 0 Å². The monoisotopic (exact) mass is 445 g/mol. The highest BCUT2D eigenvalue weighted by Gasteiger charge is 2.20. The smallest absolute Gasteiger partial charge is 0.261 e. The normalized spacial score (nSPS) is 15.1. The second-order valence-corrected chi connectivity index (χ2v) is 9.20. The van der Waals surface area contributed by atoms with Crippen molar-refractivity contribution in [3.8, 4) is 0 Å². The van der Waals surface area contributed by atoms with Crippen LogP contribution in [-0.4, -0.2) is 46.0 Å². The third-order valence-electron chi connectivity index (χ3n) is 5.64. The Kier molecular flexibility index (Phi) is 6.91. The van der Waals surface area contributed by atoms with Crippen LogP contribution in [0.3, 0.4) is 0 Å². The first-order chi connectivity index (χ1) is 14.0. The summed E-state index contributed by atoms with van der Waals surface area (Å²) in [5, 5.41) is 1.99. The first kappa shape index (κ1) is 22.4. The number of benzene rings is 3. The van der Waals surface area contributed by atoms with E-state index in [4.69, 9.17) is 0 Å². The summed E-state index contributed by atoms with van der Waals surface area (Å²) in [7, 11) is -3.64. The van der Waals surface area contributed by atoms with Crippen LogP contribution in [-0.2, 0) is 10.0 Å². The third kappa shape index (κ3) is 4.56. The topological polar surface area (TPSA) is 52.6 Å². The van der Waals surface area contributed by atoms with E-state index in [1.165, 1.54) is 0 Å². The Labute approximate surface area is 185 Å². The van der Waals surface area contributed by atoms with Gasteiger partial charge in [-0.3, -0.25) is 4.72 Å². The summed E-state index contributed by atoms with van der Waals surface area (Å²) in [6.45, 7) is 9.27. The van der Waals surface area contributed by atoms with Crippen molar-refractivity contribution in [1.82, 2.24) is 4.90 Å². The van der Waals surface area contributed by atoms with E-state index in [1.54, 1.807) is 12.1 Å². The zero-order valence-corrected chi connectivity index (χ0v) is 19.0. The van der Waals surface area contributed by atoms with Gasteiger partial charge >= 0.3 is 0 Å². The number of halogens is 1. The summed E-state index contributed by atoms with van der Waals surface area (Å²) in [4.78, 5) is 5.11. The molecule has 0 bridgehead atoms. The van der Waals surface area contributed by atoms with Crippen molar-refractivity contribution in [3.05, 3.63) is 66.2 Å². The number of aryl methyl sites for hydroxylation is 1. The molecule has 0 radical (unpaired) electrons. The summed E-state index contributed by atoms with van der Waals surface area (Å²) in [5.74, 6) is 0. The van der Waals surface area contributed by atoms with Crippen molar-refractivity contribution < 1.29 is 8.42 Å². The number of nitrogens with one attached hydrogen (secondary N) is 1. The summed E-state index contributed by atoms with van der Waals surface area (Å²) >= 11 is 0. The van der Waals surface area contributed by atoms with Gasteiger partial charge in [-0.25, -0.2) is 8.42 Å². The minimum atomic E-state index is -3.64. The first-order valence-electron chi connectivity index (χ1n) is 10.1. The number of rotatable bonds is 5. The number of hydrogen-bond donors (Lipinski definition) is 1. The van der Waals surface area contributed by atoms with Crippen LogP contribution in [0.4, 0.5) is 11.4 Å². The van der Waals surface area contributed by atoms with Gasteiger partial charge in [-0.05, 0) is 37.7 Å².